The van der Waals surface area contributed by atoms with E-state index in [1.807, 2.05) is 52.1 Å². The van der Waals surface area contributed by atoms with Crippen LogP contribution >= 0.6 is 11.3 Å². The van der Waals surface area contributed by atoms with Gasteiger partial charge in [-0.3, -0.25) is 4.79 Å². The van der Waals surface area contributed by atoms with Crippen LogP contribution < -0.4 is 4.90 Å². The molecule has 1 amide bonds. The number of hydrogen-bond acceptors (Lipinski definition) is 5. The third kappa shape index (κ3) is 4.54. The number of aryl methyl sites for hydroxylation is 1. The van der Waals surface area contributed by atoms with Gasteiger partial charge in [0.05, 0.1) is 0 Å². The van der Waals surface area contributed by atoms with Crippen LogP contribution in [0.1, 0.15) is 32.1 Å². The molecule has 5 nitrogen and oxygen atoms in total. The molecule has 0 fully saturated rings. The van der Waals surface area contributed by atoms with E-state index >= 15 is 0 Å². The molecule has 3 aromatic rings. The number of nitrogens with zero attached hydrogens (tertiary/aromatic N) is 3. The molecule has 2 heterocycles. The van der Waals surface area contributed by atoms with Crippen molar-refractivity contribution in [2.24, 2.45) is 0 Å². The Labute approximate surface area is 151 Å². The minimum atomic E-state index is 0.0786. The number of hydrogen-bond donors (Lipinski definition) is 0. The summed E-state index contributed by atoms with van der Waals surface area (Å²) in [4.78, 5) is 18.9. The third-order valence-electron chi connectivity index (χ3n) is 3.90. The van der Waals surface area contributed by atoms with Crippen molar-refractivity contribution < 1.29 is 9.32 Å². The van der Waals surface area contributed by atoms with Gasteiger partial charge >= 0.3 is 0 Å². The van der Waals surface area contributed by atoms with Crippen LogP contribution in [0.5, 0.6) is 0 Å². The van der Waals surface area contributed by atoms with Gasteiger partial charge in [-0.15, -0.1) is 0 Å². The third-order valence-corrected chi connectivity index (χ3v) is 4.59. The zero-order valence-corrected chi connectivity index (χ0v) is 15.0. The second-order valence-corrected chi connectivity index (χ2v) is 6.54. The number of thiophene rings is 1. The van der Waals surface area contributed by atoms with Crippen molar-refractivity contribution >= 4 is 22.9 Å². The lowest BCUT2D eigenvalue weighted by molar-refractivity contribution is -0.118. The average Bonchev–Trinajstić information content (AvgIpc) is 3.32. The van der Waals surface area contributed by atoms with Crippen molar-refractivity contribution in [3.8, 4) is 11.4 Å². The number of benzene rings is 1. The molecular weight excluding hydrogens is 334 g/mol. The quantitative estimate of drug-likeness (QED) is 0.594. The summed E-state index contributed by atoms with van der Waals surface area (Å²) >= 11 is 1.59. The van der Waals surface area contributed by atoms with Crippen molar-refractivity contribution in [3.05, 3.63) is 53.0 Å². The van der Waals surface area contributed by atoms with Crippen molar-refractivity contribution in [1.29, 1.82) is 0 Å². The van der Waals surface area contributed by atoms with E-state index in [1.54, 1.807) is 11.3 Å². The first-order valence-electron chi connectivity index (χ1n) is 8.48. The second kappa shape index (κ2) is 8.58. The molecule has 6 heteroatoms. The van der Waals surface area contributed by atoms with Gasteiger partial charge in [-0.1, -0.05) is 36.7 Å². The summed E-state index contributed by atoms with van der Waals surface area (Å²) in [6.45, 7) is 2.85. The van der Waals surface area contributed by atoms with Gasteiger partial charge in [0, 0.05) is 36.0 Å². The largest absolute Gasteiger partial charge is 0.339 e. The Morgan fingerprint density at radius 2 is 2.08 bits per heavy atom. The Morgan fingerprint density at radius 3 is 2.80 bits per heavy atom. The van der Waals surface area contributed by atoms with Crippen LogP contribution in [-0.2, 0) is 11.2 Å². The van der Waals surface area contributed by atoms with Crippen molar-refractivity contribution in [2.45, 2.75) is 32.6 Å². The molecular formula is C19H21N3O2S. The van der Waals surface area contributed by atoms with Crippen molar-refractivity contribution in [3.63, 3.8) is 0 Å². The smallest absolute Gasteiger partial charge is 0.227 e. The van der Waals surface area contributed by atoms with Gasteiger partial charge in [0.1, 0.15) is 0 Å². The predicted octanol–water partition coefficient (Wildman–Crippen LogP) is 4.56. The molecule has 0 bridgehead atoms. The summed E-state index contributed by atoms with van der Waals surface area (Å²) in [6.07, 6.45) is 2.82. The number of carbonyl (C=O) groups is 1. The Kier molecular flexibility index (Phi) is 5.95. The SMILES string of the molecule is CCCCN(C(=O)CCc1nc(-c2ccsc2)no1)c1ccccc1. The minimum absolute atomic E-state index is 0.0786. The Bertz CT molecular complexity index is 784. The molecule has 0 aliphatic rings. The van der Waals surface area contributed by atoms with Gasteiger partial charge in [-0.25, -0.2) is 0 Å². The number of aromatic nitrogens is 2. The Balaban J connectivity index is 1.63. The van der Waals surface area contributed by atoms with Crippen LogP contribution in [0.2, 0.25) is 0 Å². The lowest BCUT2D eigenvalue weighted by atomic mass is 10.2. The summed E-state index contributed by atoms with van der Waals surface area (Å²) in [5.41, 5.74) is 1.88. The van der Waals surface area contributed by atoms with E-state index in [-0.39, 0.29) is 5.91 Å². The number of amides is 1. The number of carbonyl (C=O) groups excluding carboxylic acids is 1. The van der Waals surface area contributed by atoms with Crippen molar-refractivity contribution in [1.82, 2.24) is 10.1 Å². The molecule has 0 spiro atoms. The zero-order valence-electron chi connectivity index (χ0n) is 14.2. The molecule has 0 aliphatic carbocycles. The Hall–Kier alpha value is -2.47. The topological polar surface area (TPSA) is 59.2 Å². The number of unbranched alkanes of at least 4 members (excludes halogenated alkanes) is 1. The summed E-state index contributed by atoms with van der Waals surface area (Å²) in [7, 11) is 0. The standard InChI is InChI=1S/C19H21N3O2S/c1-2-3-12-22(16-7-5-4-6-8-16)18(23)10-9-17-20-19(21-24-17)15-11-13-25-14-15/h4-8,11,13-14H,2-3,9-10,12H2,1H3. The summed E-state index contributed by atoms with van der Waals surface area (Å²) in [5.74, 6) is 1.16. The molecule has 0 saturated heterocycles. The maximum absolute atomic E-state index is 12.7. The fraction of sp³-hybridized carbons (Fsp3) is 0.316. The van der Waals surface area contributed by atoms with Gasteiger partial charge in [0.2, 0.25) is 17.6 Å². The normalized spacial score (nSPS) is 10.8. The number of rotatable bonds is 8. The maximum Gasteiger partial charge on any atom is 0.227 e. The van der Waals surface area contributed by atoms with Gasteiger partial charge in [-0.05, 0) is 30.0 Å². The van der Waals surface area contributed by atoms with E-state index in [0.29, 0.717) is 24.6 Å². The highest BCUT2D eigenvalue weighted by Crippen LogP contribution is 2.20. The highest BCUT2D eigenvalue weighted by atomic mass is 32.1. The van der Waals surface area contributed by atoms with Gasteiger partial charge < -0.3 is 9.42 Å². The maximum atomic E-state index is 12.7. The van der Waals surface area contributed by atoms with E-state index < -0.39 is 0 Å². The summed E-state index contributed by atoms with van der Waals surface area (Å²) in [5, 5.41) is 7.93. The molecule has 130 valence electrons. The molecule has 2 aromatic heterocycles. The lowest BCUT2D eigenvalue weighted by Gasteiger charge is -2.22. The second-order valence-electron chi connectivity index (χ2n) is 5.76. The van der Waals surface area contributed by atoms with Crippen LogP contribution in [0.25, 0.3) is 11.4 Å². The summed E-state index contributed by atoms with van der Waals surface area (Å²) in [6, 6.07) is 11.7. The molecule has 0 N–H and O–H groups in total. The fourth-order valence-electron chi connectivity index (χ4n) is 2.54. The molecule has 25 heavy (non-hydrogen) atoms. The van der Waals surface area contributed by atoms with E-state index in [2.05, 4.69) is 17.1 Å². The van der Waals surface area contributed by atoms with Gasteiger partial charge in [0.25, 0.3) is 0 Å². The Morgan fingerprint density at radius 1 is 1.24 bits per heavy atom. The van der Waals surface area contributed by atoms with Gasteiger partial charge in [0.15, 0.2) is 0 Å². The van der Waals surface area contributed by atoms with Crippen LogP contribution in [0.3, 0.4) is 0 Å². The molecule has 1 aromatic carbocycles. The van der Waals surface area contributed by atoms with E-state index in [1.165, 1.54) is 0 Å². The first-order chi connectivity index (χ1) is 12.3. The van der Waals surface area contributed by atoms with Crippen LogP contribution in [-0.4, -0.2) is 22.6 Å². The predicted molar refractivity (Wildman–Crippen MR) is 99.6 cm³/mol. The highest BCUT2D eigenvalue weighted by Gasteiger charge is 2.17. The fourth-order valence-corrected chi connectivity index (χ4v) is 3.17. The number of anilines is 1. The first kappa shape index (κ1) is 17.4. The molecule has 0 aliphatic heterocycles. The zero-order chi connectivity index (χ0) is 17.5. The molecule has 0 saturated carbocycles. The van der Waals surface area contributed by atoms with Crippen LogP contribution in [0.4, 0.5) is 5.69 Å². The summed E-state index contributed by atoms with van der Waals surface area (Å²) < 4.78 is 5.28. The van der Waals surface area contributed by atoms with Crippen LogP contribution in [0.15, 0.2) is 51.7 Å². The van der Waals surface area contributed by atoms with Crippen molar-refractivity contribution in [2.75, 3.05) is 11.4 Å². The number of para-hydroxylation sites is 1. The molecule has 0 radical (unpaired) electrons. The first-order valence-corrected chi connectivity index (χ1v) is 9.42. The monoisotopic (exact) mass is 355 g/mol. The van der Waals surface area contributed by atoms with Gasteiger partial charge in [-0.2, -0.15) is 16.3 Å². The van der Waals surface area contributed by atoms with E-state index in [9.17, 15) is 4.79 Å². The van der Waals surface area contributed by atoms with E-state index in [0.717, 1.165) is 30.6 Å². The molecule has 0 atom stereocenters. The minimum Gasteiger partial charge on any atom is -0.339 e. The van der Waals surface area contributed by atoms with E-state index in [4.69, 9.17) is 4.52 Å². The highest BCUT2D eigenvalue weighted by molar-refractivity contribution is 7.08. The van der Waals surface area contributed by atoms with Crippen LogP contribution in [0, 0.1) is 0 Å². The molecule has 0 unspecified atom stereocenters. The molecule has 3 rings (SSSR count). The lowest BCUT2D eigenvalue weighted by Crippen LogP contribution is -2.32. The average molecular weight is 355 g/mol.